The van der Waals surface area contributed by atoms with E-state index in [4.69, 9.17) is 0 Å². The molecule has 0 fully saturated rings. The fraction of sp³-hybridized carbons (Fsp3) is 0.286. The van der Waals surface area contributed by atoms with Crippen LogP contribution < -0.4 is 10.7 Å². The minimum atomic E-state index is -0.352. The number of amides is 1. The molecule has 0 aliphatic carbocycles. The quantitative estimate of drug-likeness (QED) is 0.877. The van der Waals surface area contributed by atoms with Crippen LogP contribution in [0.3, 0.4) is 0 Å². The lowest BCUT2D eigenvalue weighted by Gasteiger charge is -2.23. The summed E-state index contributed by atoms with van der Waals surface area (Å²) in [5.41, 5.74) is -0.144. The molecular formula is C14H17N3O2S. The molecule has 106 valence electrons. The van der Waals surface area contributed by atoms with Crippen molar-refractivity contribution >= 4 is 17.2 Å². The maximum Gasteiger partial charge on any atom is 0.256 e. The van der Waals surface area contributed by atoms with E-state index in [9.17, 15) is 9.59 Å². The Hall–Kier alpha value is -1.92. The summed E-state index contributed by atoms with van der Waals surface area (Å²) >= 11 is 1.65. The van der Waals surface area contributed by atoms with Crippen LogP contribution in [0.15, 0.2) is 40.8 Å². The fourth-order valence-electron chi connectivity index (χ4n) is 1.90. The number of carbonyl (C=O) groups excluding carboxylic acids is 1. The Balaban J connectivity index is 2.05. The second kappa shape index (κ2) is 6.49. The first-order valence-corrected chi connectivity index (χ1v) is 7.12. The van der Waals surface area contributed by atoms with E-state index in [2.05, 4.69) is 10.3 Å². The molecule has 0 aliphatic heterocycles. The van der Waals surface area contributed by atoms with Crippen LogP contribution in [0.4, 0.5) is 0 Å². The van der Waals surface area contributed by atoms with E-state index in [-0.39, 0.29) is 22.9 Å². The first-order valence-electron chi connectivity index (χ1n) is 6.24. The van der Waals surface area contributed by atoms with Gasteiger partial charge in [0, 0.05) is 29.9 Å². The first kappa shape index (κ1) is 14.5. The van der Waals surface area contributed by atoms with Gasteiger partial charge in [-0.05, 0) is 25.5 Å². The van der Waals surface area contributed by atoms with Crippen LogP contribution >= 0.6 is 11.3 Å². The normalized spacial score (nSPS) is 12.3. The molecule has 0 aromatic carbocycles. The molecule has 1 atom stereocenters. The first-order chi connectivity index (χ1) is 9.59. The predicted octanol–water partition coefficient (Wildman–Crippen LogP) is 1.47. The second-order valence-corrected chi connectivity index (χ2v) is 5.61. The lowest BCUT2D eigenvalue weighted by molar-refractivity contribution is 0.0941. The highest BCUT2D eigenvalue weighted by Gasteiger charge is 2.17. The van der Waals surface area contributed by atoms with Crippen LogP contribution in [-0.2, 0) is 0 Å². The van der Waals surface area contributed by atoms with Crippen LogP contribution in [-0.4, -0.2) is 36.4 Å². The maximum atomic E-state index is 12.0. The molecule has 1 amide bonds. The Bertz CT molecular complexity index is 619. The summed E-state index contributed by atoms with van der Waals surface area (Å²) in [6, 6.07) is 5.47. The van der Waals surface area contributed by atoms with Gasteiger partial charge in [0.1, 0.15) is 5.56 Å². The van der Waals surface area contributed by atoms with E-state index < -0.39 is 0 Å². The number of nitrogens with zero attached hydrogens (tertiary/aromatic N) is 1. The highest BCUT2D eigenvalue weighted by Crippen LogP contribution is 2.22. The van der Waals surface area contributed by atoms with Crippen molar-refractivity contribution in [2.45, 2.75) is 6.04 Å². The van der Waals surface area contributed by atoms with Gasteiger partial charge in [0.05, 0.1) is 6.04 Å². The summed E-state index contributed by atoms with van der Waals surface area (Å²) in [6.07, 6.45) is 2.93. The van der Waals surface area contributed by atoms with Gasteiger partial charge in [-0.3, -0.25) is 9.59 Å². The topological polar surface area (TPSA) is 65.2 Å². The van der Waals surface area contributed by atoms with E-state index in [0.717, 1.165) is 0 Å². The van der Waals surface area contributed by atoms with Gasteiger partial charge in [0.15, 0.2) is 5.43 Å². The number of likely N-dealkylation sites (N-methyl/N-ethyl adjacent to an activating group) is 1. The number of nitrogens with one attached hydrogen (secondary N) is 2. The number of H-pyrrole nitrogens is 1. The van der Waals surface area contributed by atoms with Gasteiger partial charge >= 0.3 is 0 Å². The van der Waals surface area contributed by atoms with Crippen LogP contribution in [0.1, 0.15) is 21.3 Å². The molecule has 2 rings (SSSR count). The van der Waals surface area contributed by atoms with Gasteiger partial charge in [-0.2, -0.15) is 0 Å². The third-order valence-corrected chi connectivity index (χ3v) is 3.99. The molecule has 0 spiro atoms. The van der Waals surface area contributed by atoms with Crippen molar-refractivity contribution in [2.75, 3.05) is 20.6 Å². The zero-order valence-electron chi connectivity index (χ0n) is 11.4. The molecule has 0 radical (unpaired) electrons. The van der Waals surface area contributed by atoms with Crippen molar-refractivity contribution in [1.82, 2.24) is 15.2 Å². The van der Waals surface area contributed by atoms with E-state index in [0.29, 0.717) is 6.54 Å². The molecule has 0 saturated carbocycles. The molecule has 0 aliphatic rings. The highest BCUT2D eigenvalue weighted by molar-refractivity contribution is 7.10. The molecular weight excluding hydrogens is 274 g/mol. The van der Waals surface area contributed by atoms with Crippen molar-refractivity contribution in [1.29, 1.82) is 0 Å². The number of aromatic amines is 1. The van der Waals surface area contributed by atoms with Crippen LogP contribution in [0, 0.1) is 0 Å². The molecule has 2 aromatic heterocycles. The molecule has 2 aromatic rings. The maximum absolute atomic E-state index is 12.0. The van der Waals surface area contributed by atoms with Crippen LogP contribution in [0.5, 0.6) is 0 Å². The van der Waals surface area contributed by atoms with Gasteiger partial charge < -0.3 is 15.2 Å². The molecule has 20 heavy (non-hydrogen) atoms. The Morgan fingerprint density at radius 3 is 2.85 bits per heavy atom. The minimum absolute atomic E-state index is 0.0988. The van der Waals surface area contributed by atoms with Crippen molar-refractivity contribution in [3.8, 4) is 0 Å². The summed E-state index contributed by atoms with van der Waals surface area (Å²) < 4.78 is 0. The van der Waals surface area contributed by atoms with Crippen molar-refractivity contribution in [2.24, 2.45) is 0 Å². The number of carbonyl (C=O) groups is 1. The third kappa shape index (κ3) is 3.34. The Morgan fingerprint density at radius 1 is 1.45 bits per heavy atom. The van der Waals surface area contributed by atoms with Crippen molar-refractivity contribution < 1.29 is 4.79 Å². The van der Waals surface area contributed by atoms with Gasteiger partial charge in [-0.25, -0.2) is 0 Å². The number of rotatable bonds is 5. The van der Waals surface area contributed by atoms with Crippen molar-refractivity contribution in [3.63, 3.8) is 0 Å². The average molecular weight is 291 g/mol. The second-order valence-electron chi connectivity index (χ2n) is 4.63. The summed E-state index contributed by atoms with van der Waals surface area (Å²) in [4.78, 5) is 29.6. The third-order valence-electron chi connectivity index (χ3n) is 3.02. The minimum Gasteiger partial charge on any atom is -0.367 e. The van der Waals surface area contributed by atoms with Gasteiger partial charge in [0.25, 0.3) is 5.91 Å². The van der Waals surface area contributed by atoms with E-state index in [1.165, 1.54) is 23.3 Å². The molecule has 0 bridgehead atoms. The summed E-state index contributed by atoms with van der Waals surface area (Å²) in [5.74, 6) is -0.352. The number of hydrogen-bond donors (Lipinski definition) is 2. The Kier molecular flexibility index (Phi) is 4.70. The summed E-state index contributed by atoms with van der Waals surface area (Å²) in [5, 5.41) is 4.83. The van der Waals surface area contributed by atoms with E-state index in [1.807, 2.05) is 36.5 Å². The van der Waals surface area contributed by atoms with E-state index in [1.54, 1.807) is 11.3 Å². The lowest BCUT2D eigenvalue weighted by atomic mass is 10.2. The zero-order chi connectivity index (χ0) is 14.5. The molecule has 2 heterocycles. The zero-order valence-corrected chi connectivity index (χ0v) is 12.2. The van der Waals surface area contributed by atoms with Crippen LogP contribution in [0.25, 0.3) is 0 Å². The highest BCUT2D eigenvalue weighted by atomic mass is 32.1. The van der Waals surface area contributed by atoms with Gasteiger partial charge in [-0.15, -0.1) is 11.3 Å². The van der Waals surface area contributed by atoms with Gasteiger partial charge in [0.2, 0.25) is 0 Å². The monoisotopic (exact) mass is 291 g/mol. The van der Waals surface area contributed by atoms with Gasteiger partial charge in [-0.1, -0.05) is 6.07 Å². The number of pyridine rings is 1. The van der Waals surface area contributed by atoms with Crippen LogP contribution in [0.2, 0.25) is 0 Å². The van der Waals surface area contributed by atoms with Crippen molar-refractivity contribution in [3.05, 3.63) is 56.6 Å². The smallest absolute Gasteiger partial charge is 0.256 e. The standard InChI is InChI=1S/C14H17N3O2S/c1-17(2)11(13-4-3-7-20-13)9-16-14(19)10-8-15-6-5-12(10)18/h3-8,11H,9H2,1-2H3,(H,15,18)(H,16,19). The summed E-state index contributed by atoms with van der Waals surface area (Å²) in [6.45, 7) is 0.459. The Labute approximate surface area is 121 Å². The number of thiophene rings is 1. The fourth-order valence-corrected chi connectivity index (χ4v) is 2.82. The Morgan fingerprint density at radius 2 is 2.25 bits per heavy atom. The largest absolute Gasteiger partial charge is 0.367 e. The summed E-state index contributed by atoms with van der Waals surface area (Å²) in [7, 11) is 3.93. The molecule has 1 unspecified atom stereocenters. The average Bonchev–Trinajstić information content (AvgIpc) is 2.92. The molecule has 2 N–H and O–H groups in total. The number of aromatic nitrogens is 1. The molecule has 0 saturated heterocycles. The van der Waals surface area contributed by atoms with E-state index >= 15 is 0 Å². The number of hydrogen-bond acceptors (Lipinski definition) is 4. The molecule has 5 nitrogen and oxygen atoms in total. The molecule has 6 heteroatoms. The SMILES string of the molecule is CN(C)C(CNC(=O)c1c[nH]ccc1=O)c1cccs1. The lowest BCUT2D eigenvalue weighted by Crippen LogP contribution is -2.36. The predicted molar refractivity (Wildman–Crippen MR) is 80.1 cm³/mol.